The van der Waals surface area contributed by atoms with Crippen LogP contribution in [-0.4, -0.2) is 41.4 Å². The van der Waals surface area contributed by atoms with Crippen LogP contribution in [0.2, 0.25) is 0 Å². The summed E-state index contributed by atoms with van der Waals surface area (Å²) in [7, 11) is 0. The van der Waals surface area contributed by atoms with Crippen LogP contribution in [0.3, 0.4) is 0 Å². The van der Waals surface area contributed by atoms with Gasteiger partial charge in [-0.1, -0.05) is 48.5 Å². The monoisotopic (exact) mass is 459 g/mol. The number of nitrogens with one attached hydrogen (secondary N) is 2. The van der Waals surface area contributed by atoms with Crippen LogP contribution in [0.4, 0.5) is 18.0 Å². The molecule has 6 nitrogen and oxygen atoms in total. The van der Waals surface area contributed by atoms with Gasteiger partial charge in [0.2, 0.25) is 5.91 Å². The van der Waals surface area contributed by atoms with Crippen molar-refractivity contribution in [2.45, 2.75) is 37.4 Å². The van der Waals surface area contributed by atoms with Gasteiger partial charge in [0.05, 0.1) is 12.0 Å². The van der Waals surface area contributed by atoms with Crippen LogP contribution < -0.4 is 10.6 Å². The Morgan fingerprint density at radius 2 is 1.67 bits per heavy atom. The molecule has 2 aliphatic heterocycles. The highest BCUT2D eigenvalue weighted by atomic mass is 19.4. The van der Waals surface area contributed by atoms with Gasteiger partial charge in [0.25, 0.3) is 5.91 Å². The Kier molecular flexibility index (Phi) is 6.14. The molecule has 2 fully saturated rings. The van der Waals surface area contributed by atoms with Crippen molar-refractivity contribution in [3.63, 3.8) is 0 Å². The minimum absolute atomic E-state index is 0.124. The first-order valence-electron chi connectivity index (χ1n) is 10.8. The predicted molar refractivity (Wildman–Crippen MR) is 114 cm³/mol. The average molecular weight is 459 g/mol. The molecule has 174 valence electrons. The molecule has 2 N–H and O–H groups in total. The maximum atomic E-state index is 12.9. The highest BCUT2D eigenvalue weighted by Crippen LogP contribution is 2.34. The molecular weight excluding hydrogens is 435 g/mol. The number of alkyl halides is 3. The van der Waals surface area contributed by atoms with Gasteiger partial charge < -0.3 is 10.2 Å². The summed E-state index contributed by atoms with van der Waals surface area (Å²) in [6.07, 6.45) is -3.25. The smallest absolute Gasteiger partial charge is 0.342 e. The molecule has 2 saturated heterocycles. The number of imide groups is 1. The maximum absolute atomic E-state index is 12.9. The van der Waals surface area contributed by atoms with Gasteiger partial charge in [-0.25, -0.2) is 4.79 Å². The fourth-order valence-corrected chi connectivity index (χ4v) is 4.75. The molecular formula is C24H24F3N3O3. The number of urea groups is 1. The second-order valence-electron chi connectivity index (χ2n) is 8.57. The minimum Gasteiger partial charge on any atom is -0.342 e. The molecule has 0 aliphatic carbocycles. The third kappa shape index (κ3) is 4.86. The van der Waals surface area contributed by atoms with Gasteiger partial charge in [-0.3, -0.25) is 14.9 Å². The van der Waals surface area contributed by atoms with Gasteiger partial charge in [0, 0.05) is 19.5 Å². The maximum Gasteiger partial charge on any atom is 0.416 e. The molecule has 2 heterocycles. The Hall–Kier alpha value is -3.36. The Morgan fingerprint density at radius 3 is 2.27 bits per heavy atom. The molecule has 0 radical (unpaired) electrons. The third-order valence-corrected chi connectivity index (χ3v) is 6.45. The summed E-state index contributed by atoms with van der Waals surface area (Å²) in [6.45, 7) is 0.726. The van der Waals surface area contributed by atoms with Crippen molar-refractivity contribution in [1.29, 1.82) is 0 Å². The van der Waals surface area contributed by atoms with Crippen LogP contribution in [0.5, 0.6) is 0 Å². The van der Waals surface area contributed by atoms with E-state index in [1.165, 1.54) is 12.1 Å². The zero-order valence-electron chi connectivity index (χ0n) is 17.8. The van der Waals surface area contributed by atoms with Crippen LogP contribution >= 0.6 is 0 Å². The summed E-state index contributed by atoms with van der Waals surface area (Å²) in [5.41, 5.74) is -0.649. The van der Waals surface area contributed by atoms with Crippen molar-refractivity contribution in [2.24, 2.45) is 5.92 Å². The number of halogens is 3. The van der Waals surface area contributed by atoms with Gasteiger partial charge in [-0.05, 0) is 36.0 Å². The van der Waals surface area contributed by atoms with Crippen LogP contribution in [-0.2, 0) is 28.6 Å². The highest BCUT2D eigenvalue weighted by Gasteiger charge is 2.52. The van der Waals surface area contributed by atoms with Crippen molar-refractivity contribution in [3.05, 3.63) is 71.3 Å². The standard InChI is InChI=1S/C24H24F3N3O3/c25-24(26,27)19-8-4-7-17(13-19)14-20(31)30-11-9-18(10-12-30)23(21(32)28-22(33)29-23)15-16-5-2-1-3-6-16/h1-8,13,18H,9-12,14-15H2,(H2,28,29,32,33)/t23-/m0/s1. The van der Waals surface area contributed by atoms with Crippen molar-refractivity contribution < 1.29 is 27.6 Å². The molecule has 0 bridgehead atoms. The number of hydrogen-bond acceptors (Lipinski definition) is 3. The number of likely N-dealkylation sites (tertiary alicyclic amines) is 1. The van der Waals surface area contributed by atoms with Gasteiger partial charge in [-0.15, -0.1) is 0 Å². The Bertz CT molecular complexity index is 1050. The van der Waals surface area contributed by atoms with E-state index in [1.807, 2.05) is 30.3 Å². The zero-order chi connectivity index (χ0) is 23.6. The number of carbonyl (C=O) groups excluding carboxylic acids is 3. The predicted octanol–water partition coefficient (Wildman–Crippen LogP) is 3.31. The van der Waals surface area contributed by atoms with E-state index < -0.39 is 23.3 Å². The first-order valence-corrected chi connectivity index (χ1v) is 10.8. The average Bonchev–Trinajstić information content (AvgIpc) is 3.07. The number of amides is 4. The number of carbonyl (C=O) groups is 3. The summed E-state index contributed by atoms with van der Waals surface area (Å²) < 4.78 is 38.8. The van der Waals surface area contributed by atoms with Gasteiger partial charge in [0.15, 0.2) is 0 Å². The molecule has 2 aliphatic rings. The summed E-state index contributed by atoms with van der Waals surface area (Å²) in [5, 5.41) is 5.18. The number of piperidine rings is 1. The molecule has 0 aromatic heterocycles. The quantitative estimate of drug-likeness (QED) is 0.674. The normalized spacial score (nSPS) is 21.6. The van der Waals surface area contributed by atoms with Crippen LogP contribution in [0.1, 0.15) is 29.5 Å². The Balaban J connectivity index is 1.43. The molecule has 0 saturated carbocycles. The second-order valence-corrected chi connectivity index (χ2v) is 8.57. The van der Waals surface area contributed by atoms with Crippen LogP contribution in [0, 0.1) is 5.92 Å². The fraction of sp³-hybridized carbons (Fsp3) is 0.375. The SMILES string of the molecule is O=C1NC(=O)[C@](Cc2ccccc2)(C2CCN(C(=O)Cc3cccc(C(F)(F)F)c3)CC2)N1. The molecule has 2 aromatic rings. The molecule has 33 heavy (non-hydrogen) atoms. The second kappa shape index (κ2) is 8.88. The lowest BCUT2D eigenvalue weighted by Gasteiger charge is -2.40. The topological polar surface area (TPSA) is 78.5 Å². The third-order valence-electron chi connectivity index (χ3n) is 6.45. The molecule has 0 unspecified atom stereocenters. The zero-order valence-corrected chi connectivity index (χ0v) is 17.8. The van der Waals surface area contributed by atoms with Crippen molar-refractivity contribution in [3.8, 4) is 0 Å². The number of hydrogen-bond donors (Lipinski definition) is 2. The number of rotatable bonds is 5. The largest absolute Gasteiger partial charge is 0.416 e. The molecule has 0 spiro atoms. The van der Waals surface area contributed by atoms with Gasteiger partial charge in [0.1, 0.15) is 5.54 Å². The minimum atomic E-state index is -4.46. The summed E-state index contributed by atoms with van der Waals surface area (Å²) >= 11 is 0. The van der Waals surface area contributed by atoms with E-state index >= 15 is 0 Å². The first kappa shape index (κ1) is 22.8. The molecule has 1 atom stereocenters. The number of benzene rings is 2. The Morgan fingerprint density at radius 1 is 1.00 bits per heavy atom. The summed E-state index contributed by atoms with van der Waals surface area (Å²) in [4.78, 5) is 39.2. The Labute approximate surface area is 189 Å². The van der Waals surface area contributed by atoms with E-state index in [4.69, 9.17) is 0 Å². The van der Waals surface area contributed by atoms with E-state index in [9.17, 15) is 27.6 Å². The molecule has 9 heteroatoms. The highest BCUT2D eigenvalue weighted by molar-refractivity contribution is 6.07. The summed E-state index contributed by atoms with van der Waals surface area (Å²) in [6, 6.07) is 13.7. The molecule has 2 aromatic carbocycles. The summed E-state index contributed by atoms with van der Waals surface area (Å²) in [5.74, 6) is -0.809. The van der Waals surface area contributed by atoms with E-state index in [0.29, 0.717) is 37.9 Å². The van der Waals surface area contributed by atoms with Crippen molar-refractivity contribution in [1.82, 2.24) is 15.5 Å². The van der Waals surface area contributed by atoms with Crippen molar-refractivity contribution >= 4 is 17.8 Å². The van der Waals surface area contributed by atoms with Crippen molar-refractivity contribution in [2.75, 3.05) is 13.1 Å². The van der Waals surface area contributed by atoms with E-state index in [2.05, 4.69) is 10.6 Å². The molecule has 4 rings (SSSR count). The number of nitrogens with zero attached hydrogens (tertiary/aromatic N) is 1. The molecule has 4 amide bonds. The van der Waals surface area contributed by atoms with Gasteiger partial charge >= 0.3 is 12.2 Å². The van der Waals surface area contributed by atoms with Crippen LogP contribution in [0.15, 0.2) is 54.6 Å². The lowest BCUT2D eigenvalue weighted by atomic mass is 9.74. The lowest BCUT2D eigenvalue weighted by molar-refractivity contribution is -0.138. The van der Waals surface area contributed by atoms with Crippen LogP contribution in [0.25, 0.3) is 0 Å². The van der Waals surface area contributed by atoms with E-state index in [1.54, 1.807) is 4.90 Å². The lowest BCUT2D eigenvalue weighted by Crippen LogP contribution is -2.58. The van der Waals surface area contributed by atoms with E-state index in [-0.39, 0.29) is 24.2 Å². The fourth-order valence-electron chi connectivity index (χ4n) is 4.75. The first-order chi connectivity index (χ1) is 15.7. The van der Waals surface area contributed by atoms with Gasteiger partial charge in [-0.2, -0.15) is 13.2 Å². The van der Waals surface area contributed by atoms with E-state index in [0.717, 1.165) is 17.7 Å².